The summed E-state index contributed by atoms with van der Waals surface area (Å²) in [6, 6.07) is 9.09. The van der Waals surface area contributed by atoms with Crippen LogP contribution in [-0.4, -0.2) is 18.5 Å². The second-order valence-corrected chi connectivity index (χ2v) is 6.42. The van der Waals surface area contributed by atoms with Crippen molar-refractivity contribution in [2.24, 2.45) is 5.92 Å². The highest BCUT2D eigenvalue weighted by molar-refractivity contribution is 5.93. The number of amides is 1. The van der Waals surface area contributed by atoms with E-state index in [1.54, 1.807) is 0 Å². The van der Waals surface area contributed by atoms with Crippen molar-refractivity contribution in [2.45, 2.75) is 57.9 Å². The average molecular weight is 286 g/mol. The third-order valence-corrected chi connectivity index (χ3v) is 5.04. The third kappa shape index (κ3) is 3.22. The molecule has 1 heterocycles. The molecule has 0 aromatic heterocycles. The Morgan fingerprint density at radius 1 is 1.14 bits per heavy atom. The van der Waals surface area contributed by atoms with E-state index < -0.39 is 0 Å². The van der Waals surface area contributed by atoms with Crippen molar-refractivity contribution in [3.05, 3.63) is 24.3 Å². The van der Waals surface area contributed by atoms with Gasteiger partial charge in [-0.3, -0.25) is 4.79 Å². The zero-order valence-electron chi connectivity index (χ0n) is 13.0. The van der Waals surface area contributed by atoms with Crippen LogP contribution in [0.25, 0.3) is 0 Å². The highest BCUT2D eigenvalue weighted by Gasteiger charge is 2.25. The number of hydrogen-bond acceptors (Lipinski definition) is 2. The van der Waals surface area contributed by atoms with E-state index in [0.717, 1.165) is 25.1 Å². The summed E-state index contributed by atoms with van der Waals surface area (Å²) in [5.41, 5.74) is 2.23. The second kappa shape index (κ2) is 6.50. The van der Waals surface area contributed by atoms with E-state index in [4.69, 9.17) is 0 Å². The molecule has 3 rings (SSSR count). The molecule has 1 aromatic carbocycles. The first-order chi connectivity index (χ1) is 10.3. The lowest BCUT2D eigenvalue weighted by Gasteiger charge is -2.37. The van der Waals surface area contributed by atoms with Crippen molar-refractivity contribution in [3.8, 4) is 0 Å². The molecule has 1 atom stereocenters. The van der Waals surface area contributed by atoms with Crippen molar-refractivity contribution in [2.75, 3.05) is 16.8 Å². The summed E-state index contributed by atoms with van der Waals surface area (Å²) in [6.45, 7) is 3.43. The van der Waals surface area contributed by atoms with Gasteiger partial charge in [0.2, 0.25) is 5.91 Å². The molecule has 2 fully saturated rings. The van der Waals surface area contributed by atoms with Crippen LogP contribution in [0.2, 0.25) is 0 Å². The van der Waals surface area contributed by atoms with Crippen molar-refractivity contribution in [1.82, 2.24) is 0 Å². The number of rotatable bonds is 4. The molecule has 1 aromatic rings. The molecule has 0 radical (unpaired) electrons. The van der Waals surface area contributed by atoms with E-state index in [1.807, 2.05) is 12.1 Å². The number of nitrogens with one attached hydrogen (secondary N) is 1. The number of anilines is 2. The van der Waals surface area contributed by atoms with Gasteiger partial charge in [-0.25, -0.2) is 0 Å². The number of benzene rings is 1. The molecule has 0 spiro atoms. The predicted molar refractivity (Wildman–Crippen MR) is 87.7 cm³/mol. The van der Waals surface area contributed by atoms with E-state index in [0.29, 0.717) is 6.04 Å². The maximum Gasteiger partial charge on any atom is 0.227 e. The number of hydrogen-bond donors (Lipinski definition) is 1. The molecule has 3 nitrogen and oxygen atoms in total. The van der Waals surface area contributed by atoms with Crippen LogP contribution in [0.15, 0.2) is 24.3 Å². The SMILES string of the molecule is CCC1CCCCN1c1ccc(NC(=O)C2CCC2)cc1. The van der Waals surface area contributed by atoms with Gasteiger partial charge in [-0.2, -0.15) is 0 Å². The van der Waals surface area contributed by atoms with Gasteiger partial charge in [0.25, 0.3) is 0 Å². The van der Waals surface area contributed by atoms with Crippen LogP contribution < -0.4 is 10.2 Å². The first-order valence-electron chi connectivity index (χ1n) is 8.45. The minimum atomic E-state index is 0.193. The lowest BCUT2D eigenvalue weighted by Crippen LogP contribution is -2.39. The summed E-state index contributed by atoms with van der Waals surface area (Å²) >= 11 is 0. The normalized spacial score (nSPS) is 22.7. The summed E-state index contributed by atoms with van der Waals surface area (Å²) in [7, 11) is 0. The van der Waals surface area contributed by atoms with E-state index in [9.17, 15) is 4.79 Å². The van der Waals surface area contributed by atoms with E-state index in [2.05, 4.69) is 29.3 Å². The number of piperidine rings is 1. The van der Waals surface area contributed by atoms with Gasteiger partial charge in [-0.05, 0) is 62.8 Å². The number of carbonyl (C=O) groups excluding carboxylic acids is 1. The van der Waals surface area contributed by atoms with Crippen molar-refractivity contribution in [3.63, 3.8) is 0 Å². The van der Waals surface area contributed by atoms with Gasteiger partial charge < -0.3 is 10.2 Å². The Kier molecular flexibility index (Phi) is 4.47. The molecule has 114 valence electrons. The molecule has 0 bridgehead atoms. The molecular weight excluding hydrogens is 260 g/mol. The summed E-state index contributed by atoms with van der Waals surface area (Å²) in [6.07, 6.45) is 8.45. The molecule has 1 amide bonds. The van der Waals surface area contributed by atoms with Gasteiger partial charge >= 0.3 is 0 Å². The topological polar surface area (TPSA) is 32.3 Å². The molecule has 1 aliphatic carbocycles. The molecule has 1 saturated carbocycles. The molecule has 1 saturated heterocycles. The summed E-state index contributed by atoms with van der Waals surface area (Å²) < 4.78 is 0. The maximum absolute atomic E-state index is 12.0. The lowest BCUT2D eigenvalue weighted by atomic mass is 9.85. The van der Waals surface area contributed by atoms with Gasteiger partial charge in [-0.15, -0.1) is 0 Å². The largest absolute Gasteiger partial charge is 0.369 e. The van der Waals surface area contributed by atoms with E-state index in [1.165, 1.54) is 37.8 Å². The Morgan fingerprint density at radius 2 is 1.90 bits per heavy atom. The van der Waals surface area contributed by atoms with Crippen LogP contribution >= 0.6 is 0 Å². The molecule has 3 heteroatoms. The molecule has 1 N–H and O–H groups in total. The zero-order valence-corrected chi connectivity index (χ0v) is 13.0. The number of carbonyl (C=O) groups is 1. The minimum absolute atomic E-state index is 0.193. The lowest BCUT2D eigenvalue weighted by molar-refractivity contribution is -0.122. The van der Waals surface area contributed by atoms with Gasteiger partial charge in [0.15, 0.2) is 0 Å². The van der Waals surface area contributed by atoms with Crippen molar-refractivity contribution >= 4 is 17.3 Å². The molecule has 1 unspecified atom stereocenters. The van der Waals surface area contributed by atoms with Crippen molar-refractivity contribution in [1.29, 1.82) is 0 Å². The summed E-state index contributed by atoms with van der Waals surface area (Å²) in [5.74, 6) is 0.439. The first kappa shape index (κ1) is 14.4. The van der Waals surface area contributed by atoms with Crippen LogP contribution in [0.3, 0.4) is 0 Å². The van der Waals surface area contributed by atoms with Gasteiger partial charge in [0.1, 0.15) is 0 Å². The van der Waals surface area contributed by atoms with Gasteiger partial charge in [0.05, 0.1) is 0 Å². The minimum Gasteiger partial charge on any atom is -0.369 e. The second-order valence-electron chi connectivity index (χ2n) is 6.42. The fraction of sp³-hybridized carbons (Fsp3) is 0.611. The van der Waals surface area contributed by atoms with Crippen LogP contribution in [0.5, 0.6) is 0 Å². The van der Waals surface area contributed by atoms with Gasteiger partial charge in [0, 0.05) is 29.9 Å². The summed E-state index contributed by atoms with van der Waals surface area (Å²) in [5, 5.41) is 3.04. The molecule has 2 aliphatic rings. The highest BCUT2D eigenvalue weighted by atomic mass is 16.1. The Balaban J connectivity index is 1.64. The van der Waals surface area contributed by atoms with Crippen LogP contribution in [-0.2, 0) is 4.79 Å². The zero-order chi connectivity index (χ0) is 14.7. The Bertz CT molecular complexity index is 478. The molecular formula is C18H26N2O. The monoisotopic (exact) mass is 286 g/mol. The standard InChI is InChI=1S/C18H26N2O/c1-2-16-8-3-4-13-20(16)17-11-9-15(10-12-17)19-18(21)14-6-5-7-14/h9-12,14,16H,2-8,13H2,1H3,(H,19,21). The van der Waals surface area contributed by atoms with E-state index in [-0.39, 0.29) is 11.8 Å². The quantitative estimate of drug-likeness (QED) is 0.900. The Morgan fingerprint density at radius 3 is 2.52 bits per heavy atom. The van der Waals surface area contributed by atoms with Crippen molar-refractivity contribution < 1.29 is 4.79 Å². The average Bonchev–Trinajstić information content (AvgIpc) is 2.46. The van der Waals surface area contributed by atoms with Crippen LogP contribution in [0.4, 0.5) is 11.4 Å². The summed E-state index contributed by atoms with van der Waals surface area (Å²) in [4.78, 5) is 14.5. The van der Waals surface area contributed by atoms with E-state index >= 15 is 0 Å². The smallest absolute Gasteiger partial charge is 0.227 e. The Labute approximate surface area is 127 Å². The Hall–Kier alpha value is -1.51. The fourth-order valence-corrected chi connectivity index (χ4v) is 3.42. The third-order valence-electron chi connectivity index (χ3n) is 5.04. The van der Waals surface area contributed by atoms with Gasteiger partial charge in [-0.1, -0.05) is 13.3 Å². The maximum atomic E-state index is 12.0. The first-order valence-corrected chi connectivity index (χ1v) is 8.45. The van der Waals surface area contributed by atoms with Crippen LogP contribution in [0, 0.1) is 5.92 Å². The highest BCUT2D eigenvalue weighted by Crippen LogP contribution is 2.29. The molecule has 1 aliphatic heterocycles. The number of nitrogens with zero attached hydrogens (tertiary/aromatic N) is 1. The fourth-order valence-electron chi connectivity index (χ4n) is 3.42. The predicted octanol–water partition coefficient (Wildman–Crippen LogP) is 4.19. The molecule has 21 heavy (non-hydrogen) atoms. The van der Waals surface area contributed by atoms with Crippen LogP contribution in [0.1, 0.15) is 51.9 Å².